The smallest absolute Gasteiger partial charge is 0.130 e. The number of nitrogens with two attached hydrogens (primary N) is 1. The number of hydrogen-bond donors (Lipinski definition) is 1. The van der Waals surface area contributed by atoms with Crippen molar-refractivity contribution < 1.29 is 9.13 Å². The van der Waals surface area contributed by atoms with Crippen LogP contribution in [0.5, 0.6) is 0 Å². The number of rotatable bonds is 4. The molecular formula is C11H15ClFNO. The third-order valence-electron chi connectivity index (χ3n) is 1.96. The Bertz CT molecular complexity index is 330. The fraction of sp³-hybridized carbons (Fsp3) is 0.455. The first-order valence-corrected chi connectivity index (χ1v) is 5.23. The number of ether oxygens (including phenoxy) is 1. The average molecular weight is 232 g/mol. The first kappa shape index (κ1) is 12.4. The molecule has 1 rings (SSSR count). The Kier molecular flexibility index (Phi) is 4.51. The number of halogens is 2. The lowest BCUT2D eigenvalue weighted by Crippen LogP contribution is -2.20. The highest BCUT2D eigenvalue weighted by Crippen LogP contribution is 2.23. The highest BCUT2D eigenvalue weighted by molar-refractivity contribution is 6.30. The predicted octanol–water partition coefficient (Wildman–Crippen LogP) is 2.90. The summed E-state index contributed by atoms with van der Waals surface area (Å²) in [6, 6.07) is 4.51. The number of hydrogen-bond acceptors (Lipinski definition) is 2. The van der Waals surface area contributed by atoms with Gasteiger partial charge in [-0.15, -0.1) is 0 Å². The van der Waals surface area contributed by atoms with Gasteiger partial charge in [-0.05, 0) is 26.0 Å². The Morgan fingerprint density at radius 3 is 2.60 bits per heavy atom. The third kappa shape index (κ3) is 3.45. The fourth-order valence-electron chi connectivity index (χ4n) is 1.35. The van der Waals surface area contributed by atoms with E-state index in [0.717, 1.165) is 0 Å². The molecule has 0 fully saturated rings. The lowest BCUT2D eigenvalue weighted by atomic mass is 10.1. The van der Waals surface area contributed by atoms with Gasteiger partial charge in [-0.1, -0.05) is 17.7 Å². The molecule has 2 N–H and O–H groups in total. The lowest BCUT2D eigenvalue weighted by molar-refractivity contribution is 0.0101. The highest BCUT2D eigenvalue weighted by atomic mass is 35.5. The summed E-state index contributed by atoms with van der Waals surface area (Å²) in [4.78, 5) is 0. The van der Waals surface area contributed by atoms with Gasteiger partial charge in [0.25, 0.3) is 0 Å². The van der Waals surface area contributed by atoms with Gasteiger partial charge in [0, 0.05) is 17.1 Å². The van der Waals surface area contributed by atoms with Crippen molar-refractivity contribution in [2.75, 3.05) is 6.54 Å². The van der Waals surface area contributed by atoms with Crippen LogP contribution < -0.4 is 5.73 Å². The van der Waals surface area contributed by atoms with Gasteiger partial charge in [0.05, 0.1) is 12.2 Å². The van der Waals surface area contributed by atoms with E-state index in [1.54, 1.807) is 12.1 Å². The monoisotopic (exact) mass is 231 g/mol. The molecule has 0 bridgehead atoms. The van der Waals surface area contributed by atoms with Crippen molar-refractivity contribution in [1.29, 1.82) is 0 Å². The van der Waals surface area contributed by atoms with Gasteiger partial charge < -0.3 is 10.5 Å². The molecule has 0 heterocycles. The summed E-state index contributed by atoms with van der Waals surface area (Å²) < 4.78 is 19.0. The van der Waals surface area contributed by atoms with Crippen LogP contribution in [0.4, 0.5) is 4.39 Å². The van der Waals surface area contributed by atoms with E-state index in [9.17, 15) is 4.39 Å². The molecule has 2 nitrogen and oxygen atoms in total. The number of benzene rings is 1. The van der Waals surface area contributed by atoms with Gasteiger partial charge >= 0.3 is 0 Å². The van der Waals surface area contributed by atoms with E-state index in [-0.39, 0.29) is 18.5 Å². The molecule has 1 unspecified atom stereocenters. The fourth-order valence-corrected chi connectivity index (χ4v) is 1.51. The zero-order valence-electron chi connectivity index (χ0n) is 8.84. The van der Waals surface area contributed by atoms with E-state index in [2.05, 4.69) is 0 Å². The van der Waals surface area contributed by atoms with Crippen molar-refractivity contribution in [3.63, 3.8) is 0 Å². The van der Waals surface area contributed by atoms with Crippen LogP contribution in [0.25, 0.3) is 0 Å². The van der Waals surface area contributed by atoms with Crippen LogP contribution in [-0.4, -0.2) is 12.6 Å². The minimum atomic E-state index is -0.415. The summed E-state index contributed by atoms with van der Waals surface area (Å²) >= 11 is 5.66. The molecule has 0 aliphatic carbocycles. The molecule has 1 atom stereocenters. The molecular weight excluding hydrogens is 217 g/mol. The van der Waals surface area contributed by atoms with E-state index in [4.69, 9.17) is 22.1 Å². The molecule has 15 heavy (non-hydrogen) atoms. The van der Waals surface area contributed by atoms with Crippen molar-refractivity contribution in [3.05, 3.63) is 34.6 Å². The molecule has 1 aromatic carbocycles. The summed E-state index contributed by atoms with van der Waals surface area (Å²) in [5.74, 6) is -0.376. The van der Waals surface area contributed by atoms with Gasteiger partial charge in [-0.25, -0.2) is 4.39 Å². The van der Waals surface area contributed by atoms with Gasteiger partial charge in [0.1, 0.15) is 5.82 Å². The van der Waals surface area contributed by atoms with E-state index in [0.29, 0.717) is 10.6 Å². The zero-order chi connectivity index (χ0) is 11.4. The van der Waals surface area contributed by atoms with Crippen LogP contribution in [0.15, 0.2) is 18.2 Å². The molecule has 0 saturated heterocycles. The Morgan fingerprint density at radius 1 is 1.47 bits per heavy atom. The van der Waals surface area contributed by atoms with Gasteiger partial charge in [0.15, 0.2) is 0 Å². The minimum Gasteiger partial charge on any atom is -0.369 e. The largest absolute Gasteiger partial charge is 0.369 e. The minimum absolute atomic E-state index is 0.00799. The summed E-state index contributed by atoms with van der Waals surface area (Å²) in [5.41, 5.74) is 5.99. The summed E-state index contributed by atoms with van der Waals surface area (Å²) in [7, 11) is 0. The Balaban J connectivity index is 2.91. The van der Waals surface area contributed by atoms with Crippen LogP contribution >= 0.6 is 11.6 Å². The average Bonchev–Trinajstić information content (AvgIpc) is 2.14. The molecule has 0 aliphatic rings. The summed E-state index contributed by atoms with van der Waals surface area (Å²) in [6.45, 7) is 4.02. The second kappa shape index (κ2) is 5.45. The molecule has 0 spiro atoms. The summed E-state index contributed by atoms with van der Waals surface area (Å²) in [5, 5.41) is 0.372. The zero-order valence-corrected chi connectivity index (χ0v) is 9.59. The van der Waals surface area contributed by atoms with E-state index in [1.807, 2.05) is 13.8 Å². The normalized spacial score (nSPS) is 13.2. The van der Waals surface area contributed by atoms with Gasteiger partial charge in [-0.3, -0.25) is 0 Å². The van der Waals surface area contributed by atoms with Crippen LogP contribution in [0.2, 0.25) is 5.02 Å². The Morgan fingerprint density at radius 2 is 2.13 bits per heavy atom. The van der Waals surface area contributed by atoms with E-state index >= 15 is 0 Å². The topological polar surface area (TPSA) is 35.2 Å². The molecule has 1 aromatic rings. The van der Waals surface area contributed by atoms with E-state index in [1.165, 1.54) is 6.07 Å². The quantitative estimate of drug-likeness (QED) is 0.865. The van der Waals surface area contributed by atoms with Gasteiger partial charge in [-0.2, -0.15) is 0 Å². The SMILES string of the molecule is CC(C)OC(CN)c1ccc(Cl)cc1F. The third-order valence-corrected chi connectivity index (χ3v) is 2.19. The molecule has 0 aromatic heterocycles. The molecule has 0 radical (unpaired) electrons. The molecule has 84 valence electrons. The van der Waals surface area contributed by atoms with Crippen molar-refractivity contribution in [3.8, 4) is 0 Å². The van der Waals surface area contributed by atoms with Crippen LogP contribution in [0, 0.1) is 5.82 Å². The lowest BCUT2D eigenvalue weighted by Gasteiger charge is -2.19. The maximum absolute atomic E-state index is 13.5. The molecule has 0 amide bonds. The second-order valence-electron chi connectivity index (χ2n) is 3.58. The van der Waals surface area contributed by atoms with Crippen LogP contribution in [-0.2, 0) is 4.74 Å². The maximum atomic E-state index is 13.5. The Hall–Kier alpha value is -0.640. The predicted molar refractivity (Wildman–Crippen MR) is 59.4 cm³/mol. The molecule has 4 heteroatoms. The molecule has 0 saturated carbocycles. The highest BCUT2D eigenvalue weighted by Gasteiger charge is 2.16. The standard InChI is InChI=1S/C11H15ClFNO/c1-7(2)15-11(6-14)9-4-3-8(12)5-10(9)13/h3-5,7,11H,6,14H2,1-2H3. The maximum Gasteiger partial charge on any atom is 0.130 e. The van der Waals surface area contributed by atoms with Crippen LogP contribution in [0.1, 0.15) is 25.5 Å². The van der Waals surface area contributed by atoms with Crippen molar-refractivity contribution >= 4 is 11.6 Å². The Labute approximate surface area is 94.2 Å². The first-order valence-electron chi connectivity index (χ1n) is 4.85. The van der Waals surface area contributed by atoms with Crippen molar-refractivity contribution in [1.82, 2.24) is 0 Å². The van der Waals surface area contributed by atoms with Crippen LogP contribution in [0.3, 0.4) is 0 Å². The van der Waals surface area contributed by atoms with Gasteiger partial charge in [0.2, 0.25) is 0 Å². The van der Waals surface area contributed by atoms with E-state index < -0.39 is 6.10 Å². The summed E-state index contributed by atoms with van der Waals surface area (Å²) in [6.07, 6.45) is -0.407. The van der Waals surface area contributed by atoms with Crippen molar-refractivity contribution in [2.24, 2.45) is 5.73 Å². The first-order chi connectivity index (χ1) is 7.04. The van der Waals surface area contributed by atoms with Crippen molar-refractivity contribution in [2.45, 2.75) is 26.1 Å². The second-order valence-corrected chi connectivity index (χ2v) is 4.01. The molecule has 0 aliphatic heterocycles.